The van der Waals surface area contributed by atoms with E-state index in [0.29, 0.717) is 18.1 Å². The van der Waals surface area contributed by atoms with Crippen LogP contribution in [-0.4, -0.2) is 47.3 Å². The molecule has 0 spiro atoms. The summed E-state index contributed by atoms with van der Waals surface area (Å²) in [5.41, 5.74) is 0. The Balaban J connectivity index is 1.33. The van der Waals surface area contributed by atoms with E-state index in [4.69, 9.17) is 4.74 Å². The molecule has 0 saturated heterocycles. The van der Waals surface area contributed by atoms with Gasteiger partial charge in [-0.15, -0.1) is 0 Å². The number of carbonyl (C=O) groups is 2. The van der Waals surface area contributed by atoms with Gasteiger partial charge in [0.2, 0.25) is 5.91 Å². The van der Waals surface area contributed by atoms with Crippen molar-refractivity contribution in [2.24, 2.45) is 17.8 Å². The van der Waals surface area contributed by atoms with Crippen LogP contribution >= 0.6 is 0 Å². The Labute approximate surface area is 191 Å². The van der Waals surface area contributed by atoms with Crippen molar-refractivity contribution >= 4 is 11.7 Å². The van der Waals surface area contributed by atoms with Gasteiger partial charge in [0.25, 0.3) is 0 Å². The Hall–Kier alpha value is -2.18. The Morgan fingerprint density at radius 1 is 1.16 bits per heavy atom. The number of nitrogens with one attached hydrogen (secondary N) is 1. The fourth-order valence-electron chi connectivity index (χ4n) is 4.27. The summed E-state index contributed by atoms with van der Waals surface area (Å²) in [5.74, 6) is 1.17. The number of hydrogen-bond donors (Lipinski definition) is 3. The van der Waals surface area contributed by atoms with Crippen molar-refractivity contribution in [3.8, 4) is 5.75 Å². The van der Waals surface area contributed by atoms with E-state index in [1.165, 1.54) is 12.8 Å². The SMILES string of the molecule is O=C(CCCCCC[C@H]1C(=O)C[C@@H](O)[C@@H]1/C=C/[C@@H](O)COc1ccccc1)NCC1CC1. The summed E-state index contributed by atoms with van der Waals surface area (Å²) < 4.78 is 5.55. The molecule has 176 valence electrons. The average Bonchev–Trinajstić information content (AvgIpc) is 3.58. The first-order valence-corrected chi connectivity index (χ1v) is 12.0. The van der Waals surface area contributed by atoms with Gasteiger partial charge < -0.3 is 20.3 Å². The van der Waals surface area contributed by atoms with Gasteiger partial charge in [-0.3, -0.25) is 9.59 Å². The third-order valence-corrected chi connectivity index (χ3v) is 6.41. The van der Waals surface area contributed by atoms with Crippen molar-refractivity contribution in [2.45, 2.75) is 70.0 Å². The number of ketones is 1. The van der Waals surface area contributed by atoms with Crippen LogP contribution in [0.25, 0.3) is 0 Å². The minimum absolute atomic E-state index is 0.0987. The van der Waals surface area contributed by atoms with Crippen molar-refractivity contribution < 1.29 is 24.5 Å². The first-order chi connectivity index (χ1) is 15.5. The molecule has 0 aromatic heterocycles. The van der Waals surface area contributed by atoms with Crippen LogP contribution in [0.4, 0.5) is 0 Å². The lowest BCUT2D eigenvalue weighted by atomic mass is 9.88. The second-order valence-electron chi connectivity index (χ2n) is 9.20. The number of para-hydroxylation sites is 1. The van der Waals surface area contributed by atoms with E-state index in [1.54, 1.807) is 12.2 Å². The molecule has 2 saturated carbocycles. The standard InChI is InChI=1S/C26H37NO5/c28-20(18-32-21-8-4-3-5-9-21)14-15-23-22(24(29)16-25(23)30)10-6-1-2-7-11-26(31)27-17-19-12-13-19/h3-5,8-9,14-15,19-20,22-23,25,28,30H,1-2,6-7,10-13,16-18H2,(H,27,31)/b15-14+/t20-,22-,23-,25-/m1/s1. The van der Waals surface area contributed by atoms with Crippen molar-refractivity contribution in [2.75, 3.05) is 13.2 Å². The van der Waals surface area contributed by atoms with Crippen LogP contribution in [0, 0.1) is 17.8 Å². The van der Waals surface area contributed by atoms with Gasteiger partial charge in [0.05, 0.1) is 6.10 Å². The van der Waals surface area contributed by atoms with E-state index < -0.39 is 12.2 Å². The number of Topliss-reactive ketones (excluding diaryl/α,β-unsaturated/α-hetero) is 1. The van der Waals surface area contributed by atoms with E-state index >= 15 is 0 Å². The largest absolute Gasteiger partial charge is 0.491 e. The first kappa shape index (κ1) is 24.5. The highest BCUT2D eigenvalue weighted by molar-refractivity contribution is 5.84. The van der Waals surface area contributed by atoms with Crippen LogP contribution in [0.15, 0.2) is 42.5 Å². The fourth-order valence-corrected chi connectivity index (χ4v) is 4.27. The van der Waals surface area contributed by atoms with E-state index in [9.17, 15) is 19.8 Å². The maximum absolute atomic E-state index is 12.4. The van der Waals surface area contributed by atoms with Gasteiger partial charge in [-0.1, -0.05) is 49.6 Å². The minimum Gasteiger partial charge on any atom is -0.491 e. The molecule has 2 aliphatic carbocycles. The van der Waals surface area contributed by atoms with Crippen LogP contribution < -0.4 is 10.1 Å². The van der Waals surface area contributed by atoms with E-state index in [1.807, 2.05) is 30.3 Å². The van der Waals surface area contributed by atoms with Gasteiger partial charge >= 0.3 is 0 Å². The molecule has 2 fully saturated rings. The summed E-state index contributed by atoms with van der Waals surface area (Å²) in [6.07, 6.45) is 9.59. The topological polar surface area (TPSA) is 95.9 Å². The van der Waals surface area contributed by atoms with Crippen molar-refractivity contribution in [3.05, 3.63) is 42.5 Å². The van der Waals surface area contributed by atoms with Crippen LogP contribution in [0.3, 0.4) is 0 Å². The van der Waals surface area contributed by atoms with E-state index in [0.717, 1.165) is 38.6 Å². The molecule has 1 aromatic rings. The van der Waals surface area contributed by atoms with Gasteiger partial charge in [0, 0.05) is 31.2 Å². The summed E-state index contributed by atoms with van der Waals surface area (Å²) in [4.78, 5) is 24.1. The molecule has 4 atom stereocenters. The number of ether oxygens (including phenoxy) is 1. The molecule has 0 aliphatic heterocycles. The predicted octanol–water partition coefficient (Wildman–Crippen LogP) is 3.42. The molecular weight excluding hydrogens is 406 g/mol. The Kier molecular flexibility index (Phi) is 9.75. The summed E-state index contributed by atoms with van der Waals surface area (Å²) in [6, 6.07) is 9.28. The normalized spacial score (nSPS) is 24.1. The molecule has 0 radical (unpaired) electrons. The molecule has 0 unspecified atom stereocenters. The average molecular weight is 444 g/mol. The Bertz CT molecular complexity index is 746. The van der Waals surface area contributed by atoms with Crippen molar-refractivity contribution in [1.82, 2.24) is 5.32 Å². The number of carbonyl (C=O) groups excluding carboxylic acids is 2. The minimum atomic E-state index is -0.801. The van der Waals surface area contributed by atoms with Crippen LogP contribution in [0.2, 0.25) is 0 Å². The molecule has 1 amide bonds. The number of rotatable bonds is 14. The van der Waals surface area contributed by atoms with Gasteiger partial charge in [0.1, 0.15) is 24.2 Å². The summed E-state index contributed by atoms with van der Waals surface area (Å²) in [5, 5.41) is 23.5. The molecule has 1 aromatic carbocycles. The van der Waals surface area contributed by atoms with Gasteiger partial charge in [-0.25, -0.2) is 0 Å². The molecule has 3 rings (SSSR count). The quantitative estimate of drug-likeness (QED) is 0.302. The van der Waals surface area contributed by atoms with Gasteiger partial charge in [-0.2, -0.15) is 0 Å². The van der Waals surface area contributed by atoms with Crippen LogP contribution in [-0.2, 0) is 9.59 Å². The molecule has 6 heteroatoms. The molecule has 32 heavy (non-hydrogen) atoms. The van der Waals surface area contributed by atoms with Crippen molar-refractivity contribution in [1.29, 1.82) is 0 Å². The lowest BCUT2D eigenvalue weighted by molar-refractivity contribution is -0.122. The number of benzene rings is 1. The number of aliphatic hydroxyl groups excluding tert-OH is 2. The lowest BCUT2D eigenvalue weighted by Crippen LogP contribution is -2.25. The zero-order valence-corrected chi connectivity index (χ0v) is 18.8. The number of aliphatic hydroxyl groups is 2. The summed E-state index contributed by atoms with van der Waals surface area (Å²) >= 11 is 0. The third kappa shape index (κ3) is 8.40. The molecule has 0 bridgehead atoms. The highest BCUT2D eigenvalue weighted by Crippen LogP contribution is 2.34. The zero-order valence-electron chi connectivity index (χ0n) is 18.8. The van der Waals surface area contributed by atoms with Gasteiger partial charge in [-0.05, 0) is 43.7 Å². The smallest absolute Gasteiger partial charge is 0.220 e. The third-order valence-electron chi connectivity index (χ3n) is 6.41. The Morgan fingerprint density at radius 2 is 1.91 bits per heavy atom. The molecular formula is C26H37NO5. The second-order valence-corrected chi connectivity index (χ2v) is 9.20. The van der Waals surface area contributed by atoms with E-state index in [-0.39, 0.29) is 36.6 Å². The van der Waals surface area contributed by atoms with Crippen LogP contribution in [0.1, 0.15) is 57.8 Å². The first-order valence-electron chi connectivity index (χ1n) is 12.0. The Morgan fingerprint density at radius 3 is 2.66 bits per heavy atom. The maximum atomic E-state index is 12.4. The van der Waals surface area contributed by atoms with Gasteiger partial charge in [0.15, 0.2) is 0 Å². The monoisotopic (exact) mass is 443 g/mol. The summed E-state index contributed by atoms with van der Waals surface area (Å²) in [7, 11) is 0. The zero-order chi connectivity index (χ0) is 22.8. The lowest BCUT2D eigenvalue weighted by Gasteiger charge is -2.18. The maximum Gasteiger partial charge on any atom is 0.220 e. The number of amides is 1. The fraction of sp³-hybridized carbons (Fsp3) is 0.615. The van der Waals surface area contributed by atoms with Crippen molar-refractivity contribution in [3.63, 3.8) is 0 Å². The second kappa shape index (κ2) is 12.8. The molecule has 3 N–H and O–H groups in total. The molecule has 0 heterocycles. The number of unbranched alkanes of at least 4 members (excludes halogenated alkanes) is 3. The van der Waals surface area contributed by atoms with E-state index in [2.05, 4.69) is 5.32 Å². The number of hydrogen-bond acceptors (Lipinski definition) is 5. The highest BCUT2D eigenvalue weighted by atomic mass is 16.5. The molecule has 2 aliphatic rings. The highest BCUT2D eigenvalue weighted by Gasteiger charge is 2.39. The van der Waals surface area contributed by atoms with Crippen LogP contribution in [0.5, 0.6) is 5.75 Å². The predicted molar refractivity (Wildman–Crippen MR) is 123 cm³/mol. The summed E-state index contributed by atoms with van der Waals surface area (Å²) in [6.45, 7) is 0.948. The molecule has 6 nitrogen and oxygen atoms in total.